The fourth-order valence-electron chi connectivity index (χ4n) is 2.22. The average Bonchev–Trinajstić information content (AvgIpc) is 2.75. The van der Waals surface area contributed by atoms with E-state index in [1.165, 1.54) is 11.3 Å². The van der Waals surface area contributed by atoms with Crippen molar-refractivity contribution in [3.05, 3.63) is 4.88 Å². The maximum Gasteiger partial charge on any atom is 0.131 e. The van der Waals surface area contributed by atoms with Crippen LogP contribution < -0.4 is 10.6 Å². The number of anilines is 2. The lowest BCUT2D eigenvalue weighted by Crippen LogP contribution is -2.34. The first-order valence-electron chi connectivity index (χ1n) is 5.93. The second kappa shape index (κ2) is 5.83. The normalized spacial score (nSPS) is 16.8. The largest absolute Gasteiger partial charge is 0.396 e. The topological polar surface area (TPSA) is 73.3 Å². The molecule has 1 saturated heterocycles. The summed E-state index contributed by atoms with van der Waals surface area (Å²) in [4.78, 5) is 3.93. The van der Waals surface area contributed by atoms with Gasteiger partial charge in [-0.25, -0.2) is 0 Å². The zero-order valence-electron chi connectivity index (χ0n) is 10.3. The number of thiophene rings is 1. The predicted molar refractivity (Wildman–Crippen MR) is 77.3 cm³/mol. The summed E-state index contributed by atoms with van der Waals surface area (Å²) in [5.41, 5.74) is 6.61. The van der Waals surface area contributed by atoms with Crippen LogP contribution >= 0.6 is 23.1 Å². The number of nitrogens with two attached hydrogens (primary N) is 1. The molecule has 1 aromatic heterocycles. The van der Waals surface area contributed by atoms with Crippen molar-refractivity contribution in [1.29, 1.82) is 5.26 Å². The molecule has 1 fully saturated rings. The van der Waals surface area contributed by atoms with Gasteiger partial charge >= 0.3 is 0 Å². The van der Waals surface area contributed by atoms with Gasteiger partial charge < -0.3 is 15.7 Å². The fraction of sp³-hybridized carbons (Fsp3) is 0.583. The lowest BCUT2D eigenvalue weighted by molar-refractivity contribution is 0.203. The van der Waals surface area contributed by atoms with Crippen LogP contribution in [0.1, 0.15) is 17.7 Å². The lowest BCUT2D eigenvalue weighted by Gasteiger charge is -2.32. The molecule has 0 unspecified atom stereocenters. The number of aliphatic hydroxyl groups excluding tert-OH is 1. The zero-order chi connectivity index (χ0) is 13.1. The van der Waals surface area contributed by atoms with E-state index in [9.17, 15) is 0 Å². The summed E-state index contributed by atoms with van der Waals surface area (Å²) < 4.78 is 0. The van der Waals surface area contributed by atoms with Gasteiger partial charge in [-0.1, -0.05) is 0 Å². The van der Waals surface area contributed by atoms with E-state index >= 15 is 0 Å². The molecule has 0 amide bonds. The Bertz CT molecular complexity index is 459. The minimum atomic E-state index is 0.277. The number of nitriles is 1. The molecule has 0 saturated carbocycles. The van der Waals surface area contributed by atoms with Gasteiger partial charge in [0.1, 0.15) is 15.9 Å². The molecule has 3 N–H and O–H groups in total. The lowest BCUT2D eigenvalue weighted by atomic mass is 9.98. The van der Waals surface area contributed by atoms with Gasteiger partial charge in [-0.3, -0.25) is 0 Å². The maximum absolute atomic E-state index is 9.15. The Morgan fingerprint density at radius 1 is 1.56 bits per heavy atom. The number of rotatable bonds is 3. The Kier molecular flexibility index (Phi) is 4.38. The second-order valence-corrected chi connectivity index (χ2v) is 6.22. The summed E-state index contributed by atoms with van der Waals surface area (Å²) in [6.45, 7) is 2.15. The highest BCUT2D eigenvalue weighted by Crippen LogP contribution is 2.44. The molecule has 2 rings (SSSR count). The van der Waals surface area contributed by atoms with E-state index in [1.54, 1.807) is 11.8 Å². The summed E-state index contributed by atoms with van der Waals surface area (Å²) in [5, 5.41) is 19.3. The van der Waals surface area contributed by atoms with Crippen LogP contribution in [0.4, 0.5) is 10.7 Å². The van der Waals surface area contributed by atoms with Gasteiger partial charge in [0, 0.05) is 19.7 Å². The van der Waals surface area contributed by atoms with Gasteiger partial charge in [0.05, 0.1) is 10.6 Å². The van der Waals surface area contributed by atoms with Crippen LogP contribution in [0.3, 0.4) is 0 Å². The smallest absolute Gasteiger partial charge is 0.131 e. The van der Waals surface area contributed by atoms with Crippen molar-refractivity contribution in [2.45, 2.75) is 17.7 Å². The van der Waals surface area contributed by atoms with Crippen molar-refractivity contribution in [2.75, 3.05) is 36.6 Å². The molecule has 0 aromatic carbocycles. The van der Waals surface area contributed by atoms with E-state index in [0.717, 1.165) is 35.8 Å². The highest BCUT2D eigenvalue weighted by atomic mass is 32.2. The molecule has 0 radical (unpaired) electrons. The van der Waals surface area contributed by atoms with E-state index in [1.807, 2.05) is 6.26 Å². The molecule has 6 heteroatoms. The van der Waals surface area contributed by atoms with Crippen molar-refractivity contribution in [1.82, 2.24) is 0 Å². The molecular formula is C12H17N3OS2. The van der Waals surface area contributed by atoms with E-state index < -0.39 is 0 Å². The van der Waals surface area contributed by atoms with E-state index in [-0.39, 0.29) is 6.61 Å². The van der Waals surface area contributed by atoms with Crippen LogP contribution in [-0.2, 0) is 0 Å². The molecule has 0 atom stereocenters. The van der Waals surface area contributed by atoms with Crippen LogP contribution in [0.25, 0.3) is 0 Å². The van der Waals surface area contributed by atoms with Crippen molar-refractivity contribution in [2.24, 2.45) is 5.92 Å². The number of piperidine rings is 1. The van der Waals surface area contributed by atoms with Gasteiger partial charge in [-0.05, 0) is 25.0 Å². The van der Waals surface area contributed by atoms with Crippen LogP contribution in [0.5, 0.6) is 0 Å². The Morgan fingerprint density at radius 2 is 2.22 bits per heavy atom. The Labute approximate surface area is 115 Å². The molecular weight excluding hydrogens is 266 g/mol. The van der Waals surface area contributed by atoms with Gasteiger partial charge in [0.15, 0.2) is 0 Å². The summed E-state index contributed by atoms with van der Waals surface area (Å²) in [6.07, 6.45) is 4.00. The number of nitrogens with zero attached hydrogens (tertiary/aromatic N) is 2. The zero-order valence-corrected chi connectivity index (χ0v) is 12.0. The molecule has 1 aliphatic rings. The molecule has 2 heterocycles. The third kappa shape index (κ3) is 2.44. The summed E-state index contributed by atoms with van der Waals surface area (Å²) in [6, 6.07) is 2.16. The van der Waals surface area contributed by atoms with E-state index in [4.69, 9.17) is 16.1 Å². The van der Waals surface area contributed by atoms with Gasteiger partial charge in [0.2, 0.25) is 0 Å². The number of hydrogen-bond acceptors (Lipinski definition) is 6. The quantitative estimate of drug-likeness (QED) is 0.831. The molecule has 0 aliphatic carbocycles. The number of hydrogen-bond donors (Lipinski definition) is 2. The molecule has 18 heavy (non-hydrogen) atoms. The summed E-state index contributed by atoms with van der Waals surface area (Å²) >= 11 is 3.08. The molecule has 0 bridgehead atoms. The third-order valence-corrected chi connectivity index (χ3v) is 5.47. The van der Waals surface area contributed by atoms with Crippen molar-refractivity contribution >= 4 is 33.8 Å². The monoisotopic (exact) mass is 283 g/mol. The average molecular weight is 283 g/mol. The number of nitrogen functional groups attached to an aromatic ring is 1. The highest BCUT2D eigenvalue weighted by molar-refractivity contribution is 7.99. The minimum Gasteiger partial charge on any atom is -0.396 e. The highest BCUT2D eigenvalue weighted by Gasteiger charge is 2.24. The molecule has 1 aliphatic heterocycles. The fourth-order valence-corrected chi connectivity index (χ4v) is 4.25. The van der Waals surface area contributed by atoms with Gasteiger partial charge in [-0.15, -0.1) is 23.1 Å². The van der Waals surface area contributed by atoms with Crippen molar-refractivity contribution in [3.8, 4) is 6.07 Å². The van der Waals surface area contributed by atoms with Crippen LogP contribution in [-0.4, -0.2) is 31.1 Å². The predicted octanol–water partition coefficient (Wildman–Crippen LogP) is 2.13. The Balaban J connectivity index is 2.21. The van der Waals surface area contributed by atoms with Gasteiger partial charge in [-0.2, -0.15) is 5.26 Å². The maximum atomic E-state index is 9.15. The first-order valence-corrected chi connectivity index (χ1v) is 7.97. The van der Waals surface area contributed by atoms with E-state index in [2.05, 4.69) is 11.0 Å². The molecule has 4 nitrogen and oxygen atoms in total. The van der Waals surface area contributed by atoms with E-state index in [0.29, 0.717) is 16.5 Å². The summed E-state index contributed by atoms with van der Waals surface area (Å²) in [7, 11) is 0. The SMILES string of the molecule is CSc1c(N2CCC(CO)CC2)sc(C#N)c1N. The molecule has 0 spiro atoms. The van der Waals surface area contributed by atoms with Crippen molar-refractivity contribution in [3.63, 3.8) is 0 Å². The van der Waals surface area contributed by atoms with Crippen LogP contribution in [0.2, 0.25) is 0 Å². The number of aliphatic hydroxyl groups is 1. The summed E-state index contributed by atoms with van der Waals surface area (Å²) in [5.74, 6) is 0.423. The third-order valence-electron chi connectivity index (χ3n) is 3.35. The Morgan fingerprint density at radius 3 is 2.72 bits per heavy atom. The Hall–Kier alpha value is -0.900. The number of thioether (sulfide) groups is 1. The first-order chi connectivity index (χ1) is 8.71. The van der Waals surface area contributed by atoms with Crippen LogP contribution in [0, 0.1) is 17.2 Å². The van der Waals surface area contributed by atoms with Gasteiger partial charge in [0.25, 0.3) is 0 Å². The molecule has 98 valence electrons. The second-order valence-electron chi connectivity index (χ2n) is 4.41. The first kappa shape index (κ1) is 13.5. The standard InChI is InChI=1S/C12H17N3OS2/c1-17-11-10(14)9(6-13)18-12(11)15-4-2-8(7-16)3-5-15/h8,16H,2-5,7,14H2,1H3. The molecule has 1 aromatic rings. The minimum absolute atomic E-state index is 0.277. The van der Waals surface area contributed by atoms with Crippen LogP contribution in [0.15, 0.2) is 4.90 Å². The van der Waals surface area contributed by atoms with Crippen molar-refractivity contribution < 1.29 is 5.11 Å².